The molecule has 3 nitrogen and oxygen atoms in total. The molecular formula is C15H32N2O. The van der Waals surface area contributed by atoms with Crippen molar-refractivity contribution in [2.45, 2.75) is 52.7 Å². The fourth-order valence-corrected chi connectivity index (χ4v) is 2.32. The number of piperidine rings is 1. The molecule has 1 unspecified atom stereocenters. The van der Waals surface area contributed by atoms with Crippen molar-refractivity contribution in [3.8, 4) is 0 Å². The number of hydrogen-bond acceptors (Lipinski definition) is 3. The Morgan fingerprint density at radius 1 is 1.11 bits per heavy atom. The van der Waals surface area contributed by atoms with E-state index in [1.165, 1.54) is 25.9 Å². The molecule has 0 saturated carbocycles. The standard InChI is InChI=1S/C15H32N2O/c1-12(2)10-16-11-15(13(3)4)18-14-6-8-17(5)9-7-14/h12-16H,6-11H2,1-5H3. The Morgan fingerprint density at radius 2 is 1.72 bits per heavy atom. The average Bonchev–Trinajstić information content (AvgIpc) is 2.30. The van der Waals surface area contributed by atoms with Gasteiger partial charge in [0.1, 0.15) is 0 Å². The van der Waals surface area contributed by atoms with Gasteiger partial charge in [-0.3, -0.25) is 0 Å². The van der Waals surface area contributed by atoms with Gasteiger partial charge in [0.25, 0.3) is 0 Å². The first kappa shape index (κ1) is 15.9. The molecule has 0 radical (unpaired) electrons. The molecule has 0 aromatic heterocycles. The summed E-state index contributed by atoms with van der Waals surface area (Å²) in [5.74, 6) is 1.30. The Hall–Kier alpha value is -0.120. The molecule has 1 fully saturated rings. The molecule has 1 aliphatic heterocycles. The summed E-state index contributed by atoms with van der Waals surface area (Å²) in [4.78, 5) is 2.39. The molecule has 0 aromatic rings. The highest BCUT2D eigenvalue weighted by Gasteiger charge is 2.22. The molecule has 18 heavy (non-hydrogen) atoms. The second-order valence-corrected chi connectivity index (χ2v) is 6.47. The molecule has 0 amide bonds. The zero-order valence-corrected chi connectivity index (χ0v) is 12.9. The molecule has 1 rings (SSSR count). The van der Waals surface area contributed by atoms with Gasteiger partial charge in [-0.1, -0.05) is 27.7 Å². The second-order valence-electron chi connectivity index (χ2n) is 6.47. The van der Waals surface area contributed by atoms with Gasteiger partial charge in [0.2, 0.25) is 0 Å². The third-order valence-electron chi connectivity index (χ3n) is 3.67. The highest BCUT2D eigenvalue weighted by Crippen LogP contribution is 2.17. The summed E-state index contributed by atoms with van der Waals surface area (Å²) in [6.45, 7) is 13.4. The Labute approximate surface area is 113 Å². The van der Waals surface area contributed by atoms with E-state index in [1.807, 2.05) is 0 Å². The summed E-state index contributed by atoms with van der Waals surface area (Å²) in [7, 11) is 2.19. The maximum atomic E-state index is 6.29. The van der Waals surface area contributed by atoms with Crippen molar-refractivity contribution < 1.29 is 4.74 Å². The van der Waals surface area contributed by atoms with Crippen molar-refractivity contribution in [3.05, 3.63) is 0 Å². The van der Waals surface area contributed by atoms with Crippen molar-refractivity contribution in [1.82, 2.24) is 10.2 Å². The summed E-state index contributed by atoms with van der Waals surface area (Å²) in [6.07, 6.45) is 3.19. The Bertz CT molecular complexity index is 211. The van der Waals surface area contributed by atoms with E-state index < -0.39 is 0 Å². The van der Waals surface area contributed by atoms with Crippen molar-refractivity contribution in [1.29, 1.82) is 0 Å². The van der Waals surface area contributed by atoms with E-state index in [0.717, 1.165) is 13.1 Å². The van der Waals surface area contributed by atoms with Crippen molar-refractivity contribution in [2.24, 2.45) is 11.8 Å². The minimum atomic E-state index is 0.358. The normalized spacial score (nSPS) is 20.8. The molecule has 1 saturated heterocycles. The van der Waals surface area contributed by atoms with Gasteiger partial charge < -0.3 is 15.0 Å². The van der Waals surface area contributed by atoms with E-state index in [2.05, 4.69) is 45.0 Å². The van der Waals surface area contributed by atoms with Gasteiger partial charge in [-0.15, -0.1) is 0 Å². The van der Waals surface area contributed by atoms with Crippen LogP contribution < -0.4 is 5.32 Å². The molecule has 0 bridgehead atoms. The van der Waals surface area contributed by atoms with Crippen LogP contribution in [0.25, 0.3) is 0 Å². The lowest BCUT2D eigenvalue weighted by Crippen LogP contribution is -2.41. The van der Waals surface area contributed by atoms with E-state index >= 15 is 0 Å². The van der Waals surface area contributed by atoms with E-state index in [-0.39, 0.29) is 0 Å². The van der Waals surface area contributed by atoms with Crippen LogP contribution in [-0.4, -0.2) is 50.3 Å². The Kier molecular flexibility index (Phi) is 7.20. The van der Waals surface area contributed by atoms with Gasteiger partial charge in [-0.25, -0.2) is 0 Å². The fourth-order valence-electron chi connectivity index (χ4n) is 2.32. The monoisotopic (exact) mass is 256 g/mol. The number of rotatable bonds is 7. The molecule has 1 aliphatic rings. The lowest BCUT2D eigenvalue weighted by molar-refractivity contribution is -0.0574. The molecule has 1 N–H and O–H groups in total. The lowest BCUT2D eigenvalue weighted by atomic mass is 10.0. The molecule has 108 valence electrons. The first-order valence-electron chi connectivity index (χ1n) is 7.53. The first-order chi connectivity index (χ1) is 8.49. The highest BCUT2D eigenvalue weighted by atomic mass is 16.5. The summed E-state index contributed by atoms with van der Waals surface area (Å²) >= 11 is 0. The molecule has 3 heteroatoms. The smallest absolute Gasteiger partial charge is 0.0726 e. The molecule has 0 aliphatic carbocycles. The number of nitrogens with zero attached hydrogens (tertiary/aromatic N) is 1. The SMILES string of the molecule is CC(C)CNCC(OC1CCN(C)CC1)C(C)C. The summed E-state index contributed by atoms with van der Waals surface area (Å²) < 4.78 is 6.29. The Balaban J connectivity index is 2.28. The van der Waals surface area contributed by atoms with Crippen LogP contribution in [0.4, 0.5) is 0 Å². The fraction of sp³-hybridized carbons (Fsp3) is 1.00. The van der Waals surface area contributed by atoms with Crippen LogP contribution in [-0.2, 0) is 4.74 Å². The number of hydrogen-bond donors (Lipinski definition) is 1. The van der Waals surface area contributed by atoms with E-state index in [0.29, 0.717) is 24.0 Å². The van der Waals surface area contributed by atoms with Gasteiger partial charge in [0, 0.05) is 19.6 Å². The molecule has 0 spiro atoms. The predicted molar refractivity (Wildman–Crippen MR) is 77.9 cm³/mol. The number of nitrogens with one attached hydrogen (secondary N) is 1. The van der Waals surface area contributed by atoms with Gasteiger partial charge in [-0.05, 0) is 38.3 Å². The van der Waals surface area contributed by atoms with Crippen molar-refractivity contribution in [2.75, 3.05) is 33.2 Å². The van der Waals surface area contributed by atoms with Crippen LogP contribution in [0, 0.1) is 11.8 Å². The van der Waals surface area contributed by atoms with Gasteiger partial charge in [0.15, 0.2) is 0 Å². The maximum Gasteiger partial charge on any atom is 0.0726 e. The molecule has 0 aromatic carbocycles. The third kappa shape index (κ3) is 6.17. The number of ether oxygens (including phenoxy) is 1. The van der Waals surface area contributed by atoms with Crippen LogP contribution in [0.3, 0.4) is 0 Å². The van der Waals surface area contributed by atoms with E-state index in [9.17, 15) is 0 Å². The highest BCUT2D eigenvalue weighted by molar-refractivity contribution is 4.74. The summed E-state index contributed by atoms with van der Waals surface area (Å²) in [5, 5.41) is 3.53. The van der Waals surface area contributed by atoms with Crippen LogP contribution in [0.15, 0.2) is 0 Å². The topological polar surface area (TPSA) is 24.5 Å². The van der Waals surface area contributed by atoms with E-state index in [1.54, 1.807) is 0 Å². The Morgan fingerprint density at radius 3 is 2.22 bits per heavy atom. The summed E-state index contributed by atoms with van der Waals surface area (Å²) in [5.41, 5.74) is 0. The van der Waals surface area contributed by atoms with Crippen LogP contribution in [0.5, 0.6) is 0 Å². The van der Waals surface area contributed by atoms with Crippen LogP contribution in [0.2, 0.25) is 0 Å². The third-order valence-corrected chi connectivity index (χ3v) is 3.67. The van der Waals surface area contributed by atoms with Gasteiger partial charge in [-0.2, -0.15) is 0 Å². The zero-order valence-electron chi connectivity index (χ0n) is 12.9. The number of likely N-dealkylation sites (tertiary alicyclic amines) is 1. The van der Waals surface area contributed by atoms with Crippen LogP contribution in [0.1, 0.15) is 40.5 Å². The second kappa shape index (κ2) is 8.13. The van der Waals surface area contributed by atoms with Crippen LogP contribution >= 0.6 is 0 Å². The van der Waals surface area contributed by atoms with Crippen molar-refractivity contribution >= 4 is 0 Å². The quantitative estimate of drug-likeness (QED) is 0.757. The predicted octanol–water partition coefficient (Wildman–Crippen LogP) is 2.37. The van der Waals surface area contributed by atoms with Gasteiger partial charge in [0.05, 0.1) is 12.2 Å². The maximum absolute atomic E-state index is 6.29. The largest absolute Gasteiger partial charge is 0.373 e. The summed E-state index contributed by atoms with van der Waals surface area (Å²) in [6, 6.07) is 0. The lowest BCUT2D eigenvalue weighted by Gasteiger charge is -2.33. The van der Waals surface area contributed by atoms with Crippen molar-refractivity contribution in [3.63, 3.8) is 0 Å². The van der Waals surface area contributed by atoms with E-state index in [4.69, 9.17) is 4.74 Å². The minimum absolute atomic E-state index is 0.358. The zero-order chi connectivity index (χ0) is 13.5. The molecule has 1 heterocycles. The van der Waals surface area contributed by atoms with Gasteiger partial charge >= 0.3 is 0 Å². The first-order valence-corrected chi connectivity index (χ1v) is 7.53. The molecule has 1 atom stereocenters. The minimum Gasteiger partial charge on any atom is -0.373 e. The average molecular weight is 256 g/mol. The molecular weight excluding hydrogens is 224 g/mol.